The number of carbonyl (C=O) groups excluding carboxylic acids is 1. The molecule has 0 unspecified atom stereocenters. The lowest BCUT2D eigenvalue weighted by molar-refractivity contribution is -0.119. The first kappa shape index (κ1) is 12.7. The van der Waals surface area contributed by atoms with E-state index in [1.807, 2.05) is 12.1 Å². The van der Waals surface area contributed by atoms with Crippen LogP contribution in [0.15, 0.2) is 22.8 Å². The van der Waals surface area contributed by atoms with Gasteiger partial charge < -0.3 is 5.73 Å². The van der Waals surface area contributed by atoms with Crippen molar-refractivity contribution in [2.45, 2.75) is 44.1 Å². The summed E-state index contributed by atoms with van der Waals surface area (Å²) in [7, 11) is 0. The largest absolute Gasteiger partial charge is 0.325 e. The molecule has 17 heavy (non-hydrogen) atoms. The molecule has 0 aromatic carbocycles. The normalized spacial score (nSPS) is 18.2. The molecule has 0 radical (unpaired) electrons. The number of Topliss-reactive ketones (excluding diaryl/α,β-unsaturated/α-hetero) is 1. The summed E-state index contributed by atoms with van der Waals surface area (Å²) in [5.74, 6) is 0.198. The molecule has 1 aliphatic carbocycles. The van der Waals surface area contributed by atoms with Gasteiger partial charge >= 0.3 is 0 Å². The SMILES string of the molecule is NC1(CC(=O)Cc2ccc(Br)cn2)CCCC1. The predicted molar refractivity (Wildman–Crippen MR) is 70.7 cm³/mol. The van der Waals surface area contributed by atoms with Gasteiger partial charge in [-0.05, 0) is 40.9 Å². The first-order valence-electron chi connectivity index (χ1n) is 5.98. The number of ketones is 1. The first-order chi connectivity index (χ1) is 8.07. The van der Waals surface area contributed by atoms with Gasteiger partial charge in [0.25, 0.3) is 0 Å². The number of nitrogens with two attached hydrogens (primary N) is 1. The molecule has 0 bridgehead atoms. The van der Waals surface area contributed by atoms with E-state index >= 15 is 0 Å². The second-order valence-electron chi connectivity index (χ2n) is 4.93. The highest BCUT2D eigenvalue weighted by molar-refractivity contribution is 9.10. The monoisotopic (exact) mass is 296 g/mol. The van der Waals surface area contributed by atoms with E-state index in [1.54, 1.807) is 6.20 Å². The van der Waals surface area contributed by atoms with E-state index < -0.39 is 0 Å². The van der Waals surface area contributed by atoms with Crippen LogP contribution in [0.4, 0.5) is 0 Å². The number of rotatable bonds is 4. The lowest BCUT2D eigenvalue weighted by atomic mass is 9.91. The Morgan fingerprint density at radius 3 is 2.71 bits per heavy atom. The zero-order valence-electron chi connectivity index (χ0n) is 9.79. The number of nitrogens with zero attached hydrogens (tertiary/aromatic N) is 1. The fraction of sp³-hybridized carbons (Fsp3) is 0.538. The third-order valence-corrected chi connectivity index (χ3v) is 3.78. The molecule has 1 aliphatic rings. The second-order valence-corrected chi connectivity index (χ2v) is 5.85. The van der Waals surface area contributed by atoms with Gasteiger partial charge in [0.15, 0.2) is 0 Å². The molecule has 2 N–H and O–H groups in total. The quantitative estimate of drug-likeness (QED) is 0.929. The maximum atomic E-state index is 11.9. The summed E-state index contributed by atoms with van der Waals surface area (Å²) in [4.78, 5) is 16.1. The van der Waals surface area contributed by atoms with Crippen LogP contribution in [0.1, 0.15) is 37.8 Å². The summed E-state index contributed by atoms with van der Waals surface area (Å²) in [5.41, 5.74) is 6.76. The van der Waals surface area contributed by atoms with E-state index in [4.69, 9.17) is 5.73 Å². The van der Waals surface area contributed by atoms with Gasteiger partial charge in [-0.3, -0.25) is 9.78 Å². The van der Waals surface area contributed by atoms with E-state index in [0.717, 1.165) is 35.8 Å². The van der Waals surface area contributed by atoms with E-state index in [9.17, 15) is 4.79 Å². The van der Waals surface area contributed by atoms with E-state index in [1.165, 1.54) is 0 Å². The molecule has 3 nitrogen and oxygen atoms in total. The number of pyridine rings is 1. The van der Waals surface area contributed by atoms with Gasteiger partial charge in [0.2, 0.25) is 0 Å². The topological polar surface area (TPSA) is 56.0 Å². The minimum Gasteiger partial charge on any atom is -0.325 e. The molecule has 92 valence electrons. The Bertz CT molecular complexity index is 396. The molecular weight excluding hydrogens is 280 g/mol. The maximum absolute atomic E-state index is 11.9. The van der Waals surface area contributed by atoms with Crippen LogP contribution in [0, 0.1) is 0 Å². The zero-order valence-corrected chi connectivity index (χ0v) is 11.4. The molecule has 1 aromatic rings. The molecule has 0 atom stereocenters. The molecule has 0 saturated heterocycles. The average molecular weight is 297 g/mol. The Kier molecular flexibility index (Phi) is 3.94. The molecule has 1 fully saturated rings. The molecule has 1 saturated carbocycles. The number of hydrogen-bond donors (Lipinski definition) is 1. The van der Waals surface area contributed by atoms with Crippen molar-refractivity contribution in [3.63, 3.8) is 0 Å². The van der Waals surface area contributed by atoms with Crippen molar-refractivity contribution in [3.8, 4) is 0 Å². The molecule has 0 spiro atoms. The van der Waals surface area contributed by atoms with Crippen molar-refractivity contribution in [1.29, 1.82) is 0 Å². The van der Waals surface area contributed by atoms with Crippen LogP contribution in [0.2, 0.25) is 0 Å². The summed E-state index contributed by atoms with van der Waals surface area (Å²) in [6.07, 6.45) is 6.87. The van der Waals surface area contributed by atoms with Gasteiger partial charge in [-0.25, -0.2) is 0 Å². The Morgan fingerprint density at radius 1 is 1.41 bits per heavy atom. The van der Waals surface area contributed by atoms with Crippen molar-refractivity contribution < 1.29 is 4.79 Å². The third kappa shape index (κ3) is 3.61. The Hall–Kier alpha value is -0.740. The number of hydrogen-bond acceptors (Lipinski definition) is 3. The number of halogens is 1. The third-order valence-electron chi connectivity index (χ3n) is 3.32. The second kappa shape index (κ2) is 5.27. The van der Waals surface area contributed by atoms with Crippen molar-refractivity contribution in [1.82, 2.24) is 4.98 Å². The van der Waals surface area contributed by atoms with E-state index in [-0.39, 0.29) is 11.3 Å². The highest BCUT2D eigenvalue weighted by Gasteiger charge is 2.31. The highest BCUT2D eigenvalue weighted by Crippen LogP contribution is 2.30. The van der Waals surface area contributed by atoms with Gasteiger partial charge in [-0.2, -0.15) is 0 Å². The first-order valence-corrected chi connectivity index (χ1v) is 6.78. The van der Waals surface area contributed by atoms with Gasteiger partial charge in [0.05, 0.1) is 0 Å². The zero-order chi connectivity index (χ0) is 12.3. The van der Waals surface area contributed by atoms with Crippen molar-refractivity contribution in [2.75, 3.05) is 0 Å². The van der Waals surface area contributed by atoms with Crippen LogP contribution in [0.25, 0.3) is 0 Å². The average Bonchev–Trinajstić information content (AvgIpc) is 2.68. The van der Waals surface area contributed by atoms with Crippen molar-refractivity contribution >= 4 is 21.7 Å². The summed E-state index contributed by atoms with van der Waals surface area (Å²) in [5, 5.41) is 0. The Labute approximate surface area is 110 Å². The Balaban J connectivity index is 1.91. The summed E-state index contributed by atoms with van der Waals surface area (Å²) in [6.45, 7) is 0. The molecule has 0 aliphatic heterocycles. The van der Waals surface area contributed by atoms with Gasteiger partial charge in [0, 0.05) is 34.7 Å². The van der Waals surface area contributed by atoms with Crippen LogP contribution < -0.4 is 5.73 Å². The molecule has 2 rings (SSSR count). The van der Waals surface area contributed by atoms with Crippen LogP contribution in [-0.2, 0) is 11.2 Å². The van der Waals surface area contributed by atoms with Gasteiger partial charge in [-0.15, -0.1) is 0 Å². The van der Waals surface area contributed by atoms with Crippen LogP contribution in [0.5, 0.6) is 0 Å². The van der Waals surface area contributed by atoms with Crippen molar-refractivity contribution in [3.05, 3.63) is 28.5 Å². The van der Waals surface area contributed by atoms with Crippen LogP contribution in [-0.4, -0.2) is 16.3 Å². The molecule has 0 amide bonds. The number of aromatic nitrogens is 1. The van der Waals surface area contributed by atoms with E-state index in [2.05, 4.69) is 20.9 Å². The predicted octanol–water partition coefficient (Wildman–Crippen LogP) is 2.62. The lowest BCUT2D eigenvalue weighted by Crippen LogP contribution is -2.39. The van der Waals surface area contributed by atoms with Gasteiger partial charge in [-0.1, -0.05) is 12.8 Å². The smallest absolute Gasteiger partial charge is 0.140 e. The lowest BCUT2D eigenvalue weighted by Gasteiger charge is -2.22. The minimum absolute atomic E-state index is 0.198. The molecular formula is C13H17BrN2O. The molecule has 1 aromatic heterocycles. The fourth-order valence-electron chi connectivity index (χ4n) is 2.42. The molecule has 4 heteroatoms. The van der Waals surface area contributed by atoms with E-state index in [0.29, 0.717) is 12.8 Å². The summed E-state index contributed by atoms with van der Waals surface area (Å²) in [6, 6.07) is 3.78. The van der Waals surface area contributed by atoms with Crippen molar-refractivity contribution in [2.24, 2.45) is 5.73 Å². The highest BCUT2D eigenvalue weighted by atomic mass is 79.9. The minimum atomic E-state index is -0.244. The summed E-state index contributed by atoms with van der Waals surface area (Å²) < 4.78 is 0.930. The summed E-state index contributed by atoms with van der Waals surface area (Å²) >= 11 is 3.32. The Morgan fingerprint density at radius 2 is 2.12 bits per heavy atom. The maximum Gasteiger partial charge on any atom is 0.140 e. The molecule has 1 heterocycles. The van der Waals surface area contributed by atoms with Crippen LogP contribution in [0.3, 0.4) is 0 Å². The number of carbonyl (C=O) groups is 1. The van der Waals surface area contributed by atoms with Gasteiger partial charge in [0.1, 0.15) is 5.78 Å². The van der Waals surface area contributed by atoms with Crippen LogP contribution >= 0.6 is 15.9 Å². The fourth-order valence-corrected chi connectivity index (χ4v) is 2.66. The standard InChI is InChI=1S/C13H17BrN2O/c14-10-3-4-11(16-9-10)7-12(17)8-13(15)5-1-2-6-13/h3-4,9H,1-2,5-8,15H2.